The first-order valence-electron chi connectivity index (χ1n) is 6.29. The quantitative estimate of drug-likeness (QED) is 0.363. The fourth-order valence-corrected chi connectivity index (χ4v) is 3.25. The highest BCUT2D eigenvalue weighted by Gasteiger charge is 2.61. The van der Waals surface area contributed by atoms with E-state index in [2.05, 4.69) is 0 Å². The van der Waals surface area contributed by atoms with Crippen molar-refractivity contribution in [1.29, 1.82) is 0 Å². The summed E-state index contributed by atoms with van der Waals surface area (Å²) in [5.74, 6) is -2.02. The number of aliphatic carboxylic acids is 1. The fraction of sp³-hybridized carbons (Fsp3) is 0.333. The predicted octanol–water partition coefficient (Wildman–Crippen LogP) is 2.36. The van der Waals surface area contributed by atoms with Gasteiger partial charge in [0.15, 0.2) is 5.41 Å². The molecule has 2 aliphatic rings. The number of fused-ring (bicyclic) bond motifs is 3. The molecule has 0 saturated carbocycles. The molecule has 3 rings (SSSR count). The lowest BCUT2D eigenvalue weighted by molar-refractivity contribution is -0.170. The Morgan fingerprint density at radius 3 is 2.89 bits per heavy atom. The number of esters is 1. The lowest BCUT2D eigenvalue weighted by atomic mass is 9.60. The van der Waals surface area contributed by atoms with Crippen molar-refractivity contribution in [2.24, 2.45) is 11.3 Å². The van der Waals surface area contributed by atoms with E-state index in [0.29, 0.717) is 12.2 Å². The van der Waals surface area contributed by atoms with Crippen molar-refractivity contribution in [3.63, 3.8) is 0 Å². The van der Waals surface area contributed by atoms with Crippen LogP contribution in [0.3, 0.4) is 0 Å². The standard InChI is InChI=1S/C15H14O4/c1-9-5-4-7-11-10-6-2-3-8-12(10)19-14(18)15(9,11)13(16)17/h2-6,8-9,11H,7H2,1H3,(H,16,17)/t9-,11-,15-/m0/s1. The third kappa shape index (κ3) is 1.40. The lowest BCUT2D eigenvalue weighted by Gasteiger charge is -2.43. The first-order chi connectivity index (χ1) is 9.08. The summed E-state index contributed by atoms with van der Waals surface area (Å²) in [5, 5.41) is 9.66. The maximum Gasteiger partial charge on any atom is 0.330 e. The van der Waals surface area contributed by atoms with E-state index in [1.54, 1.807) is 25.1 Å². The monoisotopic (exact) mass is 258 g/mol. The second kappa shape index (κ2) is 3.95. The van der Waals surface area contributed by atoms with Gasteiger partial charge in [-0.3, -0.25) is 9.59 Å². The summed E-state index contributed by atoms with van der Waals surface area (Å²) < 4.78 is 5.28. The van der Waals surface area contributed by atoms with E-state index < -0.39 is 17.4 Å². The van der Waals surface area contributed by atoms with Crippen molar-refractivity contribution in [2.75, 3.05) is 0 Å². The average Bonchev–Trinajstić information content (AvgIpc) is 2.38. The number of benzene rings is 1. The van der Waals surface area contributed by atoms with Crippen molar-refractivity contribution < 1.29 is 19.4 Å². The van der Waals surface area contributed by atoms with Gasteiger partial charge in [-0.15, -0.1) is 0 Å². The van der Waals surface area contributed by atoms with Crippen LogP contribution in [0.5, 0.6) is 5.75 Å². The maximum atomic E-state index is 12.3. The van der Waals surface area contributed by atoms with Gasteiger partial charge in [-0.25, -0.2) is 0 Å². The highest BCUT2D eigenvalue weighted by atomic mass is 16.5. The van der Waals surface area contributed by atoms with Gasteiger partial charge < -0.3 is 9.84 Å². The number of para-hydroxylation sites is 1. The van der Waals surface area contributed by atoms with E-state index >= 15 is 0 Å². The van der Waals surface area contributed by atoms with Gasteiger partial charge in [0.25, 0.3) is 0 Å². The summed E-state index contributed by atoms with van der Waals surface area (Å²) in [7, 11) is 0. The van der Waals surface area contributed by atoms with Crippen LogP contribution < -0.4 is 4.74 Å². The molecule has 1 aliphatic heterocycles. The minimum Gasteiger partial charge on any atom is -0.480 e. The molecule has 1 N–H and O–H groups in total. The number of ether oxygens (including phenoxy) is 1. The van der Waals surface area contributed by atoms with Crippen molar-refractivity contribution in [1.82, 2.24) is 0 Å². The molecule has 1 aromatic carbocycles. The molecule has 0 saturated heterocycles. The number of carboxylic acids is 1. The molecule has 0 amide bonds. The number of carbonyl (C=O) groups excluding carboxylic acids is 1. The molecule has 4 heteroatoms. The van der Waals surface area contributed by atoms with E-state index in [1.165, 1.54) is 0 Å². The largest absolute Gasteiger partial charge is 0.480 e. The molecule has 0 aromatic heterocycles. The molecule has 3 atom stereocenters. The zero-order valence-corrected chi connectivity index (χ0v) is 10.5. The molecule has 0 radical (unpaired) electrons. The van der Waals surface area contributed by atoms with Crippen LogP contribution in [0, 0.1) is 11.3 Å². The summed E-state index contributed by atoms with van der Waals surface area (Å²) in [5.41, 5.74) is -0.691. The van der Waals surface area contributed by atoms with Gasteiger partial charge >= 0.3 is 11.9 Å². The topological polar surface area (TPSA) is 63.6 Å². The Morgan fingerprint density at radius 1 is 1.42 bits per heavy atom. The number of allylic oxidation sites excluding steroid dienone is 2. The Hall–Kier alpha value is -2.10. The van der Waals surface area contributed by atoms with Gasteiger partial charge in [-0.1, -0.05) is 37.3 Å². The Kier molecular flexibility index (Phi) is 2.49. The zero-order chi connectivity index (χ0) is 13.6. The minimum absolute atomic E-state index is 0.359. The molecular weight excluding hydrogens is 244 g/mol. The maximum absolute atomic E-state index is 12.3. The molecule has 1 heterocycles. The Morgan fingerprint density at radius 2 is 2.16 bits per heavy atom. The molecule has 0 spiro atoms. The second-order valence-corrected chi connectivity index (χ2v) is 5.11. The van der Waals surface area contributed by atoms with E-state index in [9.17, 15) is 14.7 Å². The van der Waals surface area contributed by atoms with Crippen molar-refractivity contribution in [3.8, 4) is 5.75 Å². The van der Waals surface area contributed by atoms with Crippen LogP contribution in [0.1, 0.15) is 24.8 Å². The third-order valence-corrected chi connectivity index (χ3v) is 4.25. The third-order valence-electron chi connectivity index (χ3n) is 4.25. The van der Waals surface area contributed by atoms with Crippen LogP contribution in [-0.2, 0) is 9.59 Å². The van der Waals surface area contributed by atoms with Crippen molar-refractivity contribution >= 4 is 11.9 Å². The van der Waals surface area contributed by atoms with E-state index in [-0.39, 0.29) is 11.8 Å². The predicted molar refractivity (Wildman–Crippen MR) is 67.8 cm³/mol. The molecule has 4 nitrogen and oxygen atoms in total. The first kappa shape index (κ1) is 12.0. The van der Waals surface area contributed by atoms with Gasteiger partial charge in [0.2, 0.25) is 0 Å². The molecule has 19 heavy (non-hydrogen) atoms. The van der Waals surface area contributed by atoms with E-state index in [4.69, 9.17) is 4.74 Å². The van der Waals surface area contributed by atoms with E-state index in [1.807, 2.05) is 18.2 Å². The summed E-state index contributed by atoms with van der Waals surface area (Å²) >= 11 is 0. The molecule has 98 valence electrons. The van der Waals surface area contributed by atoms with Gasteiger partial charge in [-0.2, -0.15) is 0 Å². The normalized spacial score (nSPS) is 32.2. The second-order valence-electron chi connectivity index (χ2n) is 5.11. The molecule has 1 aromatic rings. The van der Waals surface area contributed by atoms with Gasteiger partial charge in [0.1, 0.15) is 5.75 Å². The summed E-state index contributed by atoms with van der Waals surface area (Å²) in [6.45, 7) is 1.76. The Balaban J connectivity index is 2.26. The van der Waals surface area contributed by atoms with Crippen LogP contribution in [0.15, 0.2) is 36.4 Å². The summed E-state index contributed by atoms with van der Waals surface area (Å²) in [6, 6.07) is 7.17. The molecular formula is C15H14O4. The molecule has 1 aliphatic carbocycles. The summed E-state index contributed by atoms with van der Waals surface area (Å²) in [4.78, 5) is 24.1. The molecule has 0 bridgehead atoms. The first-order valence-corrected chi connectivity index (χ1v) is 6.29. The number of hydrogen-bond acceptors (Lipinski definition) is 3. The van der Waals surface area contributed by atoms with Crippen molar-refractivity contribution in [2.45, 2.75) is 19.3 Å². The van der Waals surface area contributed by atoms with Gasteiger partial charge in [0.05, 0.1) is 0 Å². The highest BCUT2D eigenvalue weighted by Crippen LogP contribution is 2.54. The molecule has 0 unspecified atom stereocenters. The minimum atomic E-state index is -1.50. The molecule has 0 fully saturated rings. The average molecular weight is 258 g/mol. The zero-order valence-electron chi connectivity index (χ0n) is 10.5. The van der Waals surface area contributed by atoms with Crippen LogP contribution in [0.2, 0.25) is 0 Å². The van der Waals surface area contributed by atoms with Crippen LogP contribution in [-0.4, -0.2) is 17.0 Å². The lowest BCUT2D eigenvalue weighted by Crippen LogP contribution is -2.54. The Labute approximate surface area is 110 Å². The summed E-state index contributed by atoms with van der Waals surface area (Å²) in [6.07, 6.45) is 4.29. The van der Waals surface area contributed by atoms with Crippen molar-refractivity contribution in [3.05, 3.63) is 42.0 Å². The fourth-order valence-electron chi connectivity index (χ4n) is 3.25. The number of carbonyl (C=O) groups is 2. The Bertz CT molecular complexity index is 590. The SMILES string of the molecule is C[C@H]1C=CC[C@H]2c3ccccc3OC(=O)[C@@]12C(=O)O. The number of hydrogen-bond donors (Lipinski definition) is 1. The number of carboxylic acid groups (broad SMARTS) is 1. The van der Waals surface area contributed by atoms with Crippen LogP contribution in [0.4, 0.5) is 0 Å². The van der Waals surface area contributed by atoms with Gasteiger partial charge in [-0.05, 0) is 12.5 Å². The highest BCUT2D eigenvalue weighted by molar-refractivity contribution is 6.03. The number of rotatable bonds is 1. The van der Waals surface area contributed by atoms with Crippen LogP contribution in [0.25, 0.3) is 0 Å². The van der Waals surface area contributed by atoms with E-state index in [0.717, 1.165) is 5.56 Å². The smallest absolute Gasteiger partial charge is 0.330 e. The van der Waals surface area contributed by atoms with Crippen LogP contribution >= 0.6 is 0 Å². The van der Waals surface area contributed by atoms with Gasteiger partial charge in [0, 0.05) is 17.4 Å².